The summed E-state index contributed by atoms with van der Waals surface area (Å²) in [5.41, 5.74) is 3.18. The van der Waals surface area contributed by atoms with Crippen molar-refractivity contribution in [2.24, 2.45) is 9.98 Å². The minimum absolute atomic E-state index is 0.875. The van der Waals surface area contributed by atoms with Gasteiger partial charge in [0, 0.05) is 22.2 Å². The molecule has 2 aromatic rings. The van der Waals surface area contributed by atoms with Gasteiger partial charge >= 0.3 is 0 Å². The molecule has 0 fully saturated rings. The van der Waals surface area contributed by atoms with Crippen LogP contribution in [0.4, 0.5) is 5.69 Å². The van der Waals surface area contributed by atoms with E-state index in [1.54, 1.807) is 17.4 Å². The van der Waals surface area contributed by atoms with Gasteiger partial charge in [0.1, 0.15) is 0 Å². The van der Waals surface area contributed by atoms with Crippen LogP contribution in [0.2, 0.25) is 0 Å². The van der Waals surface area contributed by atoms with Crippen molar-refractivity contribution in [2.75, 3.05) is 0 Å². The topological polar surface area (TPSA) is 24.7 Å². The molecule has 0 radical (unpaired) electrons. The van der Waals surface area contributed by atoms with Crippen LogP contribution in [0.25, 0.3) is 0 Å². The molecule has 0 saturated heterocycles. The highest BCUT2D eigenvalue weighted by atomic mass is 32.1. The summed E-state index contributed by atoms with van der Waals surface area (Å²) in [7, 11) is 0. The highest BCUT2D eigenvalue weighted by Crippen LogP contribution is 2.17. The molecule has 3 heteroatoms. The highest BCUT2D eigenvalue weighted by Gasteiger charge is 1.96. The monoisotopic (exact) mass is 308 g/mol. The van der Waals surface area contributed by atoms with E-state index in [0.29, 0.717) is 0 Å². The second kappa shape index (κ2) is 8.25. The number of hydrogen-bond donors (Lipinski definition) is 0. The number of benzene rings is 1. The first-order valence-electron chi connectivity index (χ1n) is 7.30. The lowest BCUT2D eigenvalue weighted by Crippen LogP contribution is -1.77. The number of aryl methyl sites for hydroxylation is 1. The van der Waals surface area contributed by atoms with Crippen molar-refractivity contribution < 1.29 is 0 Å². The summed E-state index contributed by atoms with van der Waals surface area (Å²) in [6.07, 6.45) is 8.48. The summed E-state index contributed by atoms with van der Waals surface area (Å²) in [5, 5.41) is 0. The van der Waals surface area contributed by atoms with Gasteiger partial charge in [0.15, 0.2) is 0 Å². The Morgan fingerprint density at radius 1 is 1.09 bits per heavy atom. The van der Waals surface area contributed by atoms with Crippen LogP contribution >= 0.6 is 11.3 Å². The predicted octanol–water partition coefficient (Wildman–Crippen LogP) is 5.57. The molecule has 0 aliphatic carbocycles. The number of rotatable bonds is 6. The van der Waals surface area contributed by atoms with E-state index in [4.69, 9.17) is 0 Å². The van der Waals surface area contributed by atoms with Gasteiger partial charge in [0.2, 0.25) is 0 Å². The molecule has 0 spiro atoms. The zero-order valence-corrected chi connectivity index (χ0v) is 13.8. The van der Waals surface area contributed by atoms with Gasteiger partial charge in [0.25, 0.3) is 0 Å². The van der Waals surface area contributed by atoms with Gasteiger partial charge in [-0.3, -0.25) is 9.98 Å². The van der Waals surface area contributed by atoms with Gasteiger partial charge in [-0.25, -0.2) is 0 Å². The van der Waals surface area contributed by atoms with Gasteiger partial charge < -0.3 is 0 Å². The lowest BCUT2D eigenvalue weighted by Gasteiger charge is -1.96. The molecule has 0 amide bonds. The van der Waals surface area contributed by atoms with Crippen molar-refractivity contribution in [1.29, 1.82) is 0 Å². The highest BCUT2D eigenvalue weighted by molar-refractivity contribution is 7.15. The Balaban J connectivity index is 2.04. The summed E-state index contributed by atoms with van der Waals surface area (Å²) in [5.74, 6) is 0. The third-order valence-electron chi connectivity index (χ3n) is 3.18. The first kappa shape index (κ1) is 16.1. The molecule has 112 valence electrons. The quantitative estimate of drug-likeness (QED) is 0.492. The van der Waals surface area contributed by atoms with Crippen LogP contribution in [0.1, 0.15) is 29.2 Å². The molecule has 0 aliphatic heterocycles. The largest absolute Gasteiger partial charge is 0.256 e. The standard InChI is InChI=1S/C19H20N2S/c1-4-15-7-9-17(10-8-15)21-14-19-12-11-18(22-19)13-20-16(5-2)6-3/h5-14H,2,4H2,1,3H3/b16-6+,20-13?,21-14?. The first-order chi connectivity index (χ1) is 10.7. The zero-order chi connectivity index (χ0) is 15.8. The smallest absolute Gasteiger partial charge is 0.0630 e. The molecule has 0 unspecified atom stereocenters. The third kappa shape index (κ3) is 4.64. The summed E-state index contributed by atoms with van der Waals surface area (Å²) in [4.78, 5) is 11.1. The molecular formula is C19H20N2S. The summed E-state index contributed by atoms with van der Waals surface area (Å²) in [6.45, 7) is 7.83. The second-order valence-corrected chi connectivity index (χ2v) is 5.84. The molecule has 0 bridgehead atoms. The number of hydrogen-bond acceptors (Lipinski definition) is 3. The summed E-state index contributed by atoms with van der Waals surface area (Å²) < 4.78 is 0. The molecule has 2 nitrogen and oxygen atoms in total. The van der Waals surface area contributed by atoms with Crippen molar-refractivity contribution in [2.45, 2.75) is 20.3 Å². The fourth-order valence-electron chi connectivity index (χ4n) is 1.85. The number of thiophene rings is 1. The maximum atomic E-state index is 4.51. The van der Waals surface area contributed by atoms with Crippen molar-refractivity contribution in [3.05, 3.63) is 76.1 Å². The van der Waals surface area contributed by atoms with Crippen LogP contribution in [0, 0.1) is 0 Å². The molecule has 0 aliphatic rings. The van der Waals surface area contributed by atoms with Crippen LogP contribution in [-0.2, 0) is 6.42 Å². The Morgan fingerprint density at radius 3 is 2.36 bits per heavy atom. The van der Waals surface area contributed by atoms with Crippen LogP contribution in [0.5, 0.6) is 0 Å². The first-order valence-corrected chi connectivity index (χ1v) is 8.12. The van der Waals surface area contributed by atoms with E-state index >= 15 is 0 Å². The normalized spacial score (nSPS) is 12.4. The average molecular weight is 308 g/mol. The Hall–Kier alpha value is -2.26. The minimum atomic E-state index is 0.875. The van der Waals surface area contributed by atoms with Crippen LogP contribution in [-0.4, -0.2) is 12.4 Å². The Bertz CT molecular complexity index is 703. The zero-order valence-electron chi connectivity index (χ0n) is 13.0. The van der Waals surface area contributed by atoms with E-state index in [1.807, 2.05) is 43.6 Å². The van der Waals surface area contributed by atoms with E-state index in [2.05, 4.69) is 41.7 Å². The van der Waals surface area contributed by atoms with Crippen molar-refractivity contribution in [1.82, 2.24) is 0 Å². The fraction of sp³-hybridized carbons (Fsp3) is 0.158. The second-order valence-electron chi connectivity index (χ2n) is 4.69. The van der Waals surface area contributed by atoms with Gasteiger partial charge in [-0.1, -0.05) is 31.7 Å². The van der Waals surface area contributed by atoms with Gasteiger partial charge in [0.05, 0.1) is 11.4 Å². The number of aliphatic imine (C=N–C) groups is 2. The lowest BCUT2D eigenvalue weighted by molar-refractivity contribution is 1.14. The average Bonchev–Trinajstić information content (AvgIpc) is 3.02. The van der Waals surface area contributed by atoms with E-state index in [1.165, 1.54) is 5.56 Å². The molecule has 1 heterocycles. The van der Waals surface area contributed by atoms with Crippen LogP contribution in [0.3, 0.4) is 0 Å². The molecule has 0 saturated carbocycles. The number of nitrogens with zero attached hydrogens (tertiary/aromatic N) is 2. The molecule has 1 aromatic carbocycles. The van der Waals surface area contributed by atoms with E-state index in [-0.39, 0.29) is 0 Å². The van der Waals surface area contributed by atoms with Crippen molar-refractivity contribution in [3.8, 4) is 0 Å². The SMILES string of the molecule is C=C/C(=C\C)N=Cc1ccc(C=Nc2ccc(CC)cc2)s1. The Kier molecular flexibility index (Phi) is 6.04. The van der Waals surface area contributed by atoms with Crippen molar-refractivity contribution >= 4 is 29.5 Å². The van der Waals surface area contributed by atoms with E-state index in [0.717, 1.165) is 27.6 Å². The minimum Gasteiger partial charge on any atom is -0.256 e. The molecule has 22 heavy (non-hydrogen) atoms. The van der Waals surface area contributed by atoms with Gasteiger partial charge in [-0.05, 0) is 49.2 Å². The van der Waals surface area contributed by atoms with Gasteiger partial charge in [-0.15, -0.1) is 11.3 Å². The molecule has 0 atom stereocenters. The predicted molar refractivity (Wildman–Crippen MR) is 98.9 cm³/mol. The number of allylic oxidation sites excluding steroid dienone is 2. The fourth-order valence-corrected chi connectivity index (χ4v) is 2.60. The summed E-state index contributed by atoms with van der Waals surface area (Å²) >= 11 is 1.66. The Morgan fingerprint density at radius 2 is 1.77 bits per heavy atom. The maximum absolute atomic E-state index is 4.51. The molecule has 0 N–H and O–H groups in total. The van der Waals surface area contributed by atoms with Crippen LogP contribution < -0.4 is 0 Å². The lowest BCUT2D eigenvalue weighted by atomic mass is 10.1. The molecule has 2 rings (SSSR count). The third-order valence-corrected chi connectivity index (χ3v) is 4.13. The summed E-state index contributed by atoms with van der Waals surface area (Å²) in [6, 6.07) is 12.4. The molecular weight excluding hydrogens is 288 g/mol. The van der Waals surface area contributed by atoms with E-state index < -0.39 is 0 Å². The van der Waals surface area contributed by atoms with E-state index in [9.17, 15) is 0 Å². The maximum Gasteiger partial charge on any atom is 0.0630 e. The van der Waals surface area contributed by atoms with Crippen molar-refractivity contribution in [3.63, 3.8) is 0 Å². The van der Waals surface area contributed by atoms with Gasteiger partial charge in [-0.2, -0.15) is 0 Å². The molecule has 1 aromatic heterocycles. The van der Waals surface area contributed by atoms with Crippen LogP contribution in [0.15, 0.2) is 70.8 Å². The Labute approximate surface area is 136 Å².